The van der Waals surface area contributed by atoms with Crippen LogP contribution in [0.1, 0.15) is 5.56 Å². The van der Waals surface area contributed by atoms with Crippen LogP contribution < -0.4 is 0 Å². The highest BCUT2D eigenvalue weighted by Crippen LogP contribution is 2.24. The number of non-ortho nitro benzene ring substituents is 1. The van der Waals surface area contributed by atoms with Crippen LogP contribution in [0.15, 0.2) is 41.6 Å². The number of nitrogens with zero attached hydrogens (tertiary/aromatic N) is 2. The summed E-state index contributed by atoms with van der Waals surface area (Å²) in [5.41, 5.74) is 0.501. The summed E-state index contributed by atoms with van der Waals surface area (Å²) in [4.78, 5) is 10.2. The third-order valence-electron chi connectivity index (χ3n) is 2.29. The Balaban J connectivity index is 2.78. The van der Waals surface area contributed by atoms with Gasteiger partial charge in [-0.3, -0.25) is 10.1 Å². The molecule has 80 valence electrons. The molecule has 5 heteroatoms. The van der Waals surface area contributed by atoms with Crippen molar-refractivity contribution in [2.75, 3.05) is 0 Å². The van der Waals surface area contributed by atoms with E-state index in [-0.39, 0.29) is 5.69 Å². The van der Waals surface area contributed by atoms with E-state index >= 15 is 0 Å². The van der Waals surface area contributed by atoms with Gasteiger partial charge in [0.25, 0.3) is 5.69 Å². The lowest BCUT2D eigenvalue weighted by Crippen LogP contribution is -1.92. The Hall–Kier alpha value is -2.43. The molecule has 5 nitrogen and oxygen atoms in total. The van der Waals surface area contributed by atoms with Crippen LogP contribution in [-0.4, -0.2) is 16.3 Å². The molecule has 0 aromatic heterocycles. The van der Waals surface area contributed by atoms with Gasteiger partial charge in [-0.15, -0.1) is 0 Å². The fourth-order valence-electron chi connectivity index (χ4n) is 1.60. The Kier molecular flexibility index (Phi) is 2.51. The van der Waals surface area contributed by atoms with E-state index in [9.17, 15) is 10.1 Å². The molecule has 16 heavy (non-hydrogen) atoms. The Morgan fingerprint density at radius 2 is 2.06 bits per heavy atom. The minimum Gasteiger partial charge on any atom is -0.411 e. The highest BCUT2D eigenvalue weighted by atomic mass is 16.6. The van der Waals surface area contributed by atoms with Gasteiger partial charge in [-0.25, -0.2) is 0 Å². The normalized spacial score (nSPS) is 11.0. The second kappa shape index (κ2) is 3.98. The predicted octanol–water partition coefficient (Wildman–Crippen LogP) is 2.56. The zero-order valence-electron chi connectivity index (χ0n) is 8.20. The Bertz CT molecular complexity index is 578. The molecule has 0 amide bonds. The van der Waals surface area contributed by atoms with Crippen molar-refractivity contribution in [2.45, 2.75) is 0 Å². The van der Waals surface area contributed by atoms with Crippen molar-refractivity contribution in [3.05, 3.63) is 52.1 Å². The van der Waals surface area contributed by atoms with Gasteiger partial charge in [-0.2, -0.15) is 0 Å². The molecule has 2 aromatic carbocycles. The zero-order chi connectivity index (χ0) is 11.5. The first-order valence-electron chi connectivity index (χ1n) is 4.57. The number of fused-ring (bicyclic) bond motifs is 1. The van der Waals surface area contributed by atoms with E-state index in [1.54, 1.807) is 12.1 Å². The van der Waals surface area contributed by atoms with Crippen molar-refractivity contribution in [3.63, 3.8) is 0 Å². The van der Waals surface area contributed by atoms with Gasteiger partial charge < -0.3 is 5.21 Å². The van der Waals surface area contributed by atoms with Crippen LogP contribution in [0.4, 0.5) is 5.69 Å². The Morgan fingerprint density at radius 1 is 1.31 bits per heavy atom. The zero-order valence-corrected chi connectivity index (χ0v) is 8.20. The average Bonchev–Trinajstić information content (AvgIpc) is 2.29. The molecule has 0 fully saturated rings. The maximum absolute atomic E-state index is 10.7. The maximum atomic E-state index is 10.7. The molecule has 0 aliphatic rings. The van der Waals surface area contributed by atoms with Gasteiger partial charge in [0.15, 0.2) is 0 Å². The van der Waals surface area contributed by atoms with Crippen molar-refractivity contribution in [3.8, 4) is 0 Å². The van der Waals surface area contributed by atoms with Crippen LogP contribution in [0.5, 0.6) is 0 Å². The van der Waals surface area contributed by atoms with E-state index in [2.05, 4.69) is 5.16 Å². The number of benzene rings is 2. The standard InChI is InChI=1S/C11H8N2O3/c14-12-7-9-6-10(13(15)16)5-8-3-1-2-4-11(8)9/h1-7,14H/b12-7+. The molecule has 0 heterocycles. The Morgan fingerprint density at radius 3 is 2.75 bits per heavy atom. The fourth-order valence-corrected chi connectivity index (χ4v) is 1.60. The van der Waals surface area contributed by atoms with E-state index in [1.165, 1.54) is 18.3 Å². The van der Waals surface area contributed by atoms with Crippen molar-refractivity contribution < 1.29 is 10.1 Å². The van der Waals surface area contributed by atoms with Crippen molar-refractivity contribution in [1.82, 2.24) is 0 Å². The maximum Gasteiger partial charge on any atom is 0.270 e. The van der Waals surface area contributed by atoms with Crippen LogP contribution in [0.25, 0.3) is 10.8 Å². The molecular formula is C11H8N2O3. The van der Waals surface area contributed by atoms with E-state index in [0.29, 0.717) is 5.56 Å². The van der Waals surface area contributed by atoms with Crippen LogP contribution in [0, 0.1) is 10.1 Å². The highest BCUT2D eigenvalue weighted by molar-refractivity contribution is 6.01. The summed E-state index contributed by atoms with van der Waals surface area (Å²) in [5, 5.41) is 23.7. The van der Waals surface area contributed by atoms with E-state index in [0.717, 1.165) is 10.8 Å². The summed E-state index contributed by atoms with van der Waals surface area (Å²) in [6.07, 6.45) is 1.19. The molecule has 0 atom stereocenters. The van der Waals surface area contributed by atoms with Gasteiger partial charge in [0, 0.05) is 17.7 Å². The average molecular weight is 216 g/mol. The van der Waals surface area contributed by atoms with Gasteiger partial charge in [-0.1, -0.05) is 29.4 Å². The van der Waals surface area contributed by atoms with E-state index < -0.39 is 4.92 Å². The summed E-state index contributed by atoms with van der Waals surface area (Å²) in [6.45, 7) is 0. The van der Waals surface area contributed by atoms with Gasteiger partial charge in [0.1, 0.15) is 0 Å². The number of nitro groups is 1. The smallest absolute Gasteiger partial charge is 0.270 e. The summed E-state index contributed by atoms with van der Waals surface area (Å²) in [7, 11) is 0. The van der Waals surface area contributed by atoms with Gasteiger partial charge in [0.2, 0.25) is 0 Å². The summed E-state index contributed by atoms with van der Waals surface area (Å²) in [6, 6.07) is 10.1. The monoisotopic (exact) mass is 216 g/mol. The van der Waals surface area contributed by atoms with E-state index in [4.69, 9.17) is 5.21 Å². The van der Waals surface area contributed by atoms with Crippen LogP contribution in [0.2, 0.25) is 0 Å². The molecule has 0 spiro atoms. The third kappa shape index (κ3) is 1.70. The molecule has 0 saturated heterocycles. The second-order valence-electron chi connectivity index (χ2n) is 3.26. The third-order valence-corrected chi connectivity index (χ3v) is 2.29. The molecule has 1 N–H and O–H groups in total. The number of oxime groups is 1. The molecule has 0 aliphatic carbocycles. The quantitative estimate of drug-likeness (QED) is 0.362. The van der Waals surface area contributed by atoms with Crippen LogP contribution in [0.3, 0.4) is 0 Å². The number of hydrogen-bond acceptors (Lipinski definition) is 4. The first-order chi connectivity index (χ1) is 7.72. The van der Waals surface area contributed by atoms with Gasteiger partial charge in [0.05, 0.1) is 11.1 Å². The van der Waals surface area contributed by atoms with E-state index in [1.807, 2.05) is 12.1 Å². The minimum atomic E-state index is -0.471. The number of hydrogen-bond donors (Lipinski definition) is 1. The molecule has 0 saturated carbocycles. The number of rotatable bonds is 2. The lowest BCUT2D eigenvalue weighted by Gasteiger charge is -2.01. The molecule has 0 unspecified atom stereocenters. The first kappa shape index (κ1) is 10.1. The number of nitro benzene ring substituents is 1. The largest absolute Gasteiger partial charge is 0.411 e. The summed E-state index contributed by atoms with van der Waals surface area (Å²) >= 11 is 0. The molecule has 2 aromatic rings. The topological polar surface area (TPSA) is 75.7 Å². The molecule has 0 aliphatic heterocycles. The highest BCUT2D eigenvalue weighted by Gasteiger charge is 2.09. The molecule has 2 rings (SSSR count). The minimum absolute atomic E-state index is 0.0198. The summed E-state index contributed by atoms with van der Waals surface area (Å²) in [5.74, 6) is 0. The van der Waals surface area contributed by atoms with Crippen LogP contribution in [-0.2, 0) is 0 Å². The molecular weight excluding hydrogens is 208 g/mol. The van der Waals surface area contributed by atoms with Crippen molar-refractivity contribution in [2.24, 2.45) is 5.16 Å². The van der Waals surface area contributed by atoms with Gasteiger partial charge >= 0.3 is 0 Å². The molecule has 0 radical (unpaired) electrons. The lowest BCUT2D eigenvalue weighted by atomic mass is 10.0. The van der Waals surface area contributed by atoms with Gasteiger partial charge in [-0.05, 0) is 10.8 Å². The van der Waals surface area contributed by atoms with Crippen molar-refractivity contribution >= 4 is 22.7 Å². The SMILES string of the molecule is O=[N+]([O-])c1cc(/C=N/O)c2ccccc2c1. The van der Waals surface area contributed by atoms with Crippen LogP contribution >= 0.6 is 0 Å². The molecule has 0 bridgehead atoms. The Labute approximate surface area is 90.8 Å². The fraction of sp³-hybridized carbons (Fsp3) is 0. The first-order valence-corrected chi connectivity index (χ1v) is 4.57. The predicted molar refractivity (Wildman–Crippen MR) is 60.0 cm³/mol. The van der Waals surface area contributed by atoms with Crippen molar-refractivity contribution in [1.29, 1.82) is 0 Å². The summed E-state index contributed by atoms with van der Waals surface area (Å²) < 4.78 is 0. The lowest BCUT2D eigenvalue weighted by molar-refractivity contribution is -0.384. The second-order valence-corrected chi connectivity index (χ2v) is 3.26.